The zero-order valence-corrected chi connectivity index (χ0v) is 20.4. The number of aromatic nitrogens is 2. The minimum Gasteiger partial charge on any atom is -0.680 e. The fraction of sp³-hybridized carbons (Fsp3) is 0.407. The smallest absolute Gasteiger partial charge is 0.335 e. The average molecular weight is 478 g/mol. The molecule has 8 nitrogen and oxygen atoms in total. The van der Waals surface area contributed by atoms with Crippen LogP contribution in [-0.2, 0) is 0 Å². The van der Waals surface area contributed by atoms with Gasteiger partial charge in [-0.1, -0.05) is 57.7 Å². The Kier molecular flexibility index (Phi) is 9.40. The molecule has 0 fully saturated rings. The predicted molar refractivity (Wildman–Crippen MR) is 135 cm³/mol. The highest BCUT2D eigenvalue weighted by Crippen LogP contribution is 2.32. The lowest BCUT2D eigenvalue weighted by Gasteiger charge is -2.35. The molecule has 0 radical (unpaired) electrons. The van der Waals surface area contributed by atoms with Crippen LogP contribution in [0, 0.1) is 0 Å². The third-order valence-electron chi connectivity index (χ3n) is 5.91. The van der Waals surface area contributed by atoms with E-state index in [0.29, 0.717) is 17.1 Å². The number of hydrogen-bond acceptors (Lipinski definition) is 5. The maximum Gasteiger partial charge on any atom is 0.335 e. The van der Waals surface area contributed by atoms with Gasteiger partial charge in [0.25, 0.3) is 0 Å². The van der Waals surface area contributed by atoms with Gasteiger partial charge in [0.2, 0.25) is 0 Å². The molecule has 2 aromatic rings. The van der Waals surface area contributed by atoms with Crippen LogP contribution in [0.1, 0.15) is 84.8 Å². The molecule has 1 aliphatic heterocycles. The van der Waals surface area contributed by atoms with E-state index in [0.717, 1.165) is 44.5 Å². The van der Waals surface area contributed by atoms with Crippen molar-refractivity contribution in [2.45, 2.75) is 58.4 Å². The van der Waals surface area contributed by atoms with Gasteiger partial charge in [-0.25, -0.2) is 9.59 Å². The van der Waals surface area contributed by atoms with E-state index >= 15 is 0 Å². The Balaban J connectivity index is 1.95. The lowest BCUT2D eigenvalue weighted by atomic mass is 10.0. The first-order valence-corrected chi connectivity index (χ1v) is 12.2. The first-order valence-electron chi connectivity index (χ1n) is 12.2. The van der Waals surface area contributed by atoms with Crippen LogP contribution in [0.4, 0.5) is 0 Å². The number of carbonyl (C=O) groups is 2. The third kappa shape index (κ3) is 7.15. The van der Waals surface area contributed by atoms with Gasteiger partial charge in [-0.2, -0.15) is 6.20 Å². The van der Waals surface area contributed by atoms with Crippen molar-refractivity contribution in [3.63, 3.8) is 0 Å². The number of aromatic carboxylic acids is 2. The van der Waals surface area contributed by atoms with Crippen molar-refractivity contribution >= 4 is 11.9 Å². The lowest BCUT2D eigenvalue weighted by Crippen LogP contribution is -2.26. The predicted octanol–water partition coefficient (Wildman–Crippen LogP) is 6.05. The number of hydrogen-bond donors (Lipinski definition) is 2. The second-order valence-corrected chi connectivity index (χ2v) is 8.61. The van der Waals surface area contributed by atoms with Crippen molar-refractivity contribution in [1.82, 2.24) is 14.9 Å². The van der Waals surface area contributed by atoms with Gasteiger partial charge in [-0.05, 0) is 37.1 Å². The van der Waals surface area contributed by atoms with Crippen LogP contribution in [-0.4, -0.2) is 50.1 Å². The Bertz CT molecular complexity index is 1090. The van der Waals surface area contributed by atoms with Gasteiger partial charge in [-0.15, -0.1) is 0 Å². The molecule has 1 unspecified atom stereocenters. The number of rotatable bonds is 13. The Labute approximate surface area is 206 Å². The summed E-state index contributed by atoms with van der Waals surface area (Å²) < 4.78 is 0. The molecule has 35 heavy (non-hydrogen) atoms. The first kappa shape index (κ1) is 25.9. The van der Waals surface area contributed by atoms with Crippen LogP contribution in [0.25, 0.3) is 16.7 Å². The molecule has 2 aromatic heterocycles. The number of allylic oxidation sites excluding steroid dienone is 1. The third-order valence-corrected chi connectivity index (χ3v) is 5.91. The van der Waals surface area contributed by atoms with Crippen LogP contribution in [0.15, 0.2) is 54.5 Å². The van der Waals surface area contributed by atoms with E-state index in [4.69, 9.17) is 0 Å². The van der Waals surface area contributed by atoms with Gasteiger partial charge in [0, 0.05) is 30.7 Å². The molecule has 0 bridgehead atoms. The van der Waals surface area contributed by atoms with Crippen molar-refractivity contribution in [1.29, 1.82) is 0 Å². The van der Waals surface area contributed by atoms with E-state index in [-0.39, 0.29) is 11.1 Å². The van der Waals surface area contributed by atoms with Gasteiger partial charge in [0.1, 0.15) is 0 Å². The van der Waals surface area contributed by atoms with E-state index in [2.05, 4.69) is 34.0 Å². The van der Waals surface area contributed by atoms with Crippen molar-refractivity contribution in [3.8, 4) is 11.4 Å². The van der Waals surface area contributed by atoms with E-state index in [1.54, 1.807) is 6.20 Å². The molecule has 2 N–H and O–H groups in total. The maximum absolute atomic E-state index is 11.9. The standard InChI is InChI=1S/C27H33N4O4/c1-3-5-7-13-31(14-8-6-4-2)21-10-12-29-23(18-21)25-17-20(27(34)35)16-24(30-25)22-15-19(26(32)33)9-11-28-22/h9-12,15-18,23H,3-8,13-14H2,1-2H3,(H,32,33)(H,34,35)/q-1. The maximum atomic E-state index is 11.9. The summed E-state index contributed by atoms with van der Waals surface area (Å²) in [5, 5.41) is 23.6. The molecule has 0 aromatic carbocycles. The minimum absolute atomic E-state index is 0.0509. The van der Waals surface area contributed by atoms with Crippen molar-refractivity contribution in [3.05, 3.63) is 76.6 Å². The summed E-state index contributed by atoms with van der Waals surface area (Å²) >= 11 is 0. The van der Waals surface area contributed by atoms with Crippen LogP contribution in [0.2, 0.25) is 0 Å². The molecule has 8 heteroatoms. The van der Waals surface area contributed by atoms with Gasteiger partial charge in [0.05, 0.1) is 22.5 Å². The fourth-order valence-corrected chi connectivity index (χ4v) is 3.98. The summed E-state index contributed by atoms with van der Waals surface area (Å²) in [6.45, 7) is 6.30. The minimum atomic E-state index is -1.10. The van der Waals surface area contributed by atoms with Gasteiger partial charge in [0.15, 0.2) is 0 Å². The van der Waals surface area contributed by atoms with Crippen molar-refractivity contribution in [2.75, 3.05) is 13.1 Å². The molecule has 0 saturated heterocycles. The SMILES string of the molecule is CCCCCN(CCCCC)C1=CC(c2cc(C(=O)O)cc(-c3cc(C(=O)O)ccn3)n2)[N-]C=C1. The fourth-order valence-electron chi connectivity index (χ4n) is 3.98. The molecule has 186 valence electrons. The monoisotopic (exact) mass is 477 g/mol. The molecule has 3 heterocycles. The molecule has 0 aliphatic carbocycles. The Morgan fingerprint density at radius 2 is 1.60 bits per heavy atom. The molecule has 0 spiro atoms. The molecule has 0 saturated carbocycles. The number of unbranched alkanes of at least 4 members (excludes halogenated alkanes) is 4. The molecule has 3 rings (SSSR count). The van der Waals surface area contributed by atoms with E-state index < -0.39 is 18.0 Å². The van der Waals surface area contributed by atoms with Crippen LogP contribution >= 0.6 is 0 Å². The quantitative estimate of drug-likeness (QED) is 0.337. The van der Waals surface area contributed by atoms with Crippen LogP contribution < -0.4 is 0 Å². The molecule has 1 aliphatic rings. The zero-order chi connectivity index (χ0) is 25.2. The second kappa shape index (κ2) is 12.7. The summed E-state index contributed by atoms with van der Waals surface area (Å²) in [6, 6.07) is 5.26. The summed E-state index contributed by atoms with van der Waals surface area (Å²) in [6.07, 6.45) is 14.0. The highest BCUT2D eigenvalue weighted by molar-refractivity contribution is 5.90. The van der Waals surface area contributed by atoms with Crippen LogP contribution in [0.5, 0.6) is 0 Å². The topological polar surface area (TPSA) is 118 Å². The molecular weight excluding hydrogens is 444 g/mol. The summed E-state index contributed by atoms with van der Waals surface area (Å²) in [4.78, 5) is 34.5. The molecule has 1 atom stereocenters. The normalized spacial score (nSPS) is 14.8. The summed E-state index contributed by atoms with van der Waals surface area (Å²) in [5.74, 6) is -2.19. The Morgan fingerprint density at radius 3 is 2.23 bits per heavy atom. The summed E-state index contributed by atoms with van der Waals surface area (Å²) in [5.41, 5.74) is 2.24. The highest BCUT2D eigenvalue weighted by atomic mass is 16.4. The largest absolute Gasteiger partial charge is 0.680 e. The summed E-state index contributed by atoms with van der Waals surface area (Å²) in [7, 11) is 0. The van der Waals surface area contributed by atoms with Gasteiger partial charge in [-0.3, -0.25) is 9.97 Å². The van der Waals surface area contributed by atoms with E-state index in [1.807, 2.05) is 12.2 Å². The Morgan fingerprint density at radius 1 is 0.943 bits per heavy atom. The number of carboxylic acid groups (broad SMARTS) is 2. The van der Waals surface area contributed by atoms with Crippen LogP contribution in [0.3, 0.4) is 0 Å². The van der Waals surface area contributed by atoms with Gasteiger partial charge < -0.3 is 20.4 Å². The van der Waals surface area contributed by atoms with E-state index in [1.165, 1.54) is 43.3 Å². The number of nitrogens with zero attached hydrogens (tertiary/aromatic N) is 4. The van der Waals surface area contributed by atoms with Crippen molar-refractivity contribution < 1.29 is 19.8 Å². The highest BCUT2D eigenvalue weighted by Gasteiger charge is 2.16. The Hall–Kier alpha value is -3.68. The second-order valence-electron chi connectivity index (χ2n) is 8.61. The lowest BCUT2D eigenvalue weighted by molar-refractivity contribution is 0.0685. The zero-order valence-electron chi connectivity index (χ0n) is 20.4. The van der Waals surface area contributed by atoms with Crippen molar-refractivity contribution in [2.24, 2.45) is 0 Å². The average Bonchev–Trinajstić information content (AvgIpc) is 2.88. The molecule has 0 amide bonds. The number of carboxylic acids is 2. The molecular formula is C27H33N4O4-. The van der Waals surface area contributed by atoms with E-state index in [9.17, 15) is 19.8 Å². The van der Waals surface area contributed by atoms with Gasteiger partial charge >= 0.3 is 11.9 Å². The first-order chi connectivity index (χ1) is 16.9. The number of pyridine rings is 2.